The fourth-order valence-corrected chi connectivity index (χ4v) is 2.48. The van der Waals surface area contributed by atoms with Gasteiger partial charge in [-0.1, -0.05) is 30.7 Å². The molecule has 0 saturated carbocycles. The minimum absolute atomic E-state index is 0.0333. The van der Waals surface area contributed by atoms with Gasteiger partial charge in [-0.05, 0) is 38.0 Å². The van der Waals surface area contributed by atoms with Crippen LogP contribution < -0.4 is 5.32 Å². The third-order valence-corrected chi connectivity index (χ3v) is 3.58. The van der Waals surface area contributed by atoms with E-state index in [2.05, 4.69) is 10.4 Å². The molecule has 1 aromatic carbocycles. The number of anilines is 1. The normalized spacial score (nSPS) is 10.7. The predicted octanol–water partition coefficient (Wildman–Crippen LogP) is 3.94. The quantitative estimate of drug-likeness (QED) is 0.909. The van der Waals surface area contributed by atoms with Gasteiger partial charge in [0.25, 0.3) is 0 Å². The molecule has 0 aliphatic heterocycles. The van der Waals surface area contributed by atoms with Crippen molar-refractivity contribution in [3.05, 3.63) is 46.2 Å². The minimum atomic E-state index is 0.0333. The maximum atomic E-state index is 11.8. The standard InChI is InChI=1S/C16H20ClN3O/c1-4-6-15(21)18-16-11(2)19-20(12(16)3)10-13-7-5-8-14(17)9-13/h5,7-9H,4,6,10H2,1-3H3,(H,18,21). The number of hydrogen-bond acceptors (Lipinski definition) is 2. The molecule has 0 saturated heterocycles. The molecule has 5 heteroatoms. The van der Waals surface area contributed by atoms with Gasteiger partial charge >= 0.3 is 0 Å². The number of carbonyl (C=O) groups excluding carboxylic acids is 1. The molecule has 4 nitrogen and oxygen atoms in total. The van der Waals surface area contributed by atoms with Gasteiger partial charge in [0.2, 0.25) is 5.91 Å². The van der Waals surface area contributed by atoms with Gasteiger partial charge in [0.1, 0.15) is 0 Å². The van der Waals surface area contributed by atoms with E-state index in [1.54, 1.807) is 0 Å². The third kappa shape index (κ3) is 3.85. The lowest BCUT2D eigenvalue weighted by Crippen LogP contribution is -2.12. The maximum absolute atomic E-state index is 11.8. The van der Waals surface area contributed by atoms with E-state index < -0.39 is 0 Å². The van der Waals surface area contributed by atoms with E-state index in [9.17, 15) is 4.79 Å². The van der Waals surface area contributed by atoms with Crippen LogP contribution in [-0.4, -0.2) is 15.7 Å². The summed E-state index contributed by atoms with van der Waals surface area (Å²) < 4.78 is 1.89. The molecule has 2 aromatic rings. The van der Waals surface area contributed by atoms with Crippen molar-refractivity contribution in [3.63, 3.8) is 0 Å². The van der Waals surface area contributed by atoms with Gasteiger partial charge in [-0.2, -0.15) is 5.10 Å². The molecule has 0 aliphatic carbocycles. The summed E-state index contributed by atoms with van der Waals surface area (Å²) in [4.78, 5) is 11.8. The second-order valence-electron chi connectivity index (χ2n) is 5.13. The van der Waals surface area contributed by atoms with Gasteiger partial charge in [0, 0.05) is 11.4 Å². The first-order valence-corrected chi connectivity index (χ1v) is 7.47. The molecule has 1 amide bonds. The summed E-state index contributed by atoms with van der Waals surface area (Å²) in [6, 6.07) is 7.71. The van der Waals surface area contributed by atoms with Crippen LogP contribution in [0.4, 0.5) is 5.69 Å². The number of hydrogen-bond donors (Lipinski definition) is 1. The van der Waals surface area contributed by atoms with Crippen LogP contribution in [0, 0.1) is 13.8 Å². The number of aromatic nitrogens is 2. The average Bonchev–Trinajstić information content (AvgIpc) is 2.67. The Bertz CT molecular complexity index is 649. The second kappa shape index (κ2) is 6.76. The summed E-state index contributed by atoms with van der Waals surface area (Å²) in [5.41, 5.74) is 3.69. The number of nitrogens with one attached hydrogen (secondary N) is 1. The fraction of sp³-hybridized carbons (Fsp3) is 0.375. The predicted molar refractivity (Wildman–Crippen MR) is 85.8 cm³/mol. The fourth-order valence-electron chi connectivity index (χ4n) is 2.27. The van der Waals surface area contributed by atoms with E-state index >= 15 is 0 Å². The number of aryl methyl sites for hydroxylation is 1. The van der Waals surface area contributed by atoms with Crippen molar-refractivity contribution in [1.29, 1.82) is 0 Å². The van der Waals surface area contributed by atoms with Crippen molar-refractivity contribution in [2.24, 2.45) is 0 Å². The molecule has 0 unspecified atom stereocenters. The average molecular weight is 306 g/mol. The SMILES string of the molecule is CCCC(=O)Nc1c(C)nn(Cc2cccc(Cl)c2)c1C. The Kier molecular flexibility index (Phi) is 5.02. The Hall–Kier alpha value is -1.81. The Balaban J connectivity index is 2.20. The lowest BCUT2D eigenvalue weighted by atomic mass is 10.2. The zero-order valence-corrected chi connectivity index (χ0v) is 13.4. The highest BCUT2D eigenvalue weighted by atomic mass is 35.5. The van der Waals surface area contributed by atoms with E-state index in [0.717, 1.165) is 29.1 Å². The van der Waals surface area contributed by atoms with Crippen molar-refractivity contribution in [2.45, 2.75) is 40.2 Å². The number of benzene rings is 1. The van der Waals surface area contributed by atoms with E-state index in [-0.39, 0.29) is 5.91 Å². The molecule has 0 spiro atoms. The minimum Gasteiger partial charge on any atom is -0.323 e. The molecule has 2 rings (SSSR count). The van der Waals surface area contributed by atoms with Gasteiger partial charge in [-0.3, -0.25) is 9.48 Å². The molecule has 1 N–H and O–H groups in total. The highest BCUT2D eigenvalue weighted by molar-refractivity contribution is 6.30. The first-order chi connectivity index (χ1) is 10.0. The molecule has 1 aromatic heterocycles. The summed E-state index contributed by atoms with van der Waals surface area (Å²) in [6.45, 7) is 6.49. The first-order valence-electron chi connectivity index (χ1n) is 7.09. The third-order valence-electron chi connectivity index (χ3n) is 3.34. The Morgan fingerprint density at radius 2 is 2.14 bits per heavy atom. The van der Waals surface area contributed by atoms with Gasteiger partial charge in [0.15, 0.2) is 0 Å². The van der Waals surface area contributed by atoms with Crippen LogP contribution in [0.5, 0.6) is 0 Å². The van der Waals surface area contributed by atoms with Crippen molar-refractivity contribution in [2.75, 3.05) is 5.32 Å². The maximum Gasteiger partial charge on any atom is 0.224 e. The highest BCUT2D eigenvalue weighted by Gasteiger charge is 2.14. The summed E-state index contributed by atoms with van der Waals surface area (Å²) in [5.74, 6) is 0.0333. The Labute approximate surface area is 130 Å². The van der Waals surface area contributed by atoms with Crippen LogP contribution in [0.25, 0.3) is 0 Å². The monoisotopic (exact) mass is 305 g/mol. The zero-order chi connectivity index (χ0) is 15.4. The molecule has 0 atom stereocenters. The van der Waals surface area contributed by atoms with Gasteiger partial charge < -0.3 is 5.32 Å². The summed E-state index contributed by atoms with van der Waals surface area (Å²) in [6.07, 6.45) is 1.36. The van der Waals surface area contributed by atoms with Gasteiger partial charge in [-0.15, -0.1) is 0 Å². The molecule has 0 aliphatic rings. The Morgan fingerprint density at radius 3 is 2.81 bits per heavy atom. The molecule has 1 heterocycles. The summed E-state index contributed by atoms with van der Waals surface area (Å²) >= 11 is 6.00. The molecule has 0 radical (unpaired) electrons. The number of rotatable bonds is 5. The van der Waals surface area contributed by atoms with Crippen LogP contribution in [0.2, 0.25) is 5.02 Å². The van der Waals surface area contributed by atoms with Crippen LogP contribution in [0.3, 0.4) is 0 Å². The van der Waals surface area contributed by atoms with Crippen molar-refractivity contribution in [1.82, 2.24) is 9.78 Å². The van der Waals surface area contributed by atoms with E-state index in [4.69, 9.17) is 11.6 Å². The van der Waals surface area contributed by atoms with Crippen molar-refractivity contribution in [3.8, 4) is 0 Å². The zero-order valence-electron chi connectivity index (χ0n) is 12.6. The number of halogens is 1. The second-order valence-corrected chi connectivity index (χ2v) is 5.57. The number of amides is 1. The van der Waals surface area contributed by atoms with E-state index in [1.165, 1.54) is 0 Å². The van der Waals surface area contributed by atoms with Crippen molar-refractivity contribution < 1.29 is 4.79 Å². The molecule has 21 heavy (non-hydrogen) atoms. The molecule has 0 fully saturated rings. The van der Waals surface area contributed by atoms with E-state index in [0.29, 0.717) is 18.0 Å². The molecular formula is C16H20ClN3O. The molecular weight excluding hydrogens is 286 g/mol. The first kappa shape index (κ1) is 15.6. The van der Waals surface area contributed by atoms with Crippen LogP contribution in [-0.2, 0) is 11.3 Å². The summed E-state index contributed by atoms with van der Waals surface area (Å²) in [7, 11) is 0. The molecule has 112 valence electrons. The number of carbonyl (C=O) groups is 1. The van der Waals surface area contributed by atoms with Crippen LogP contribution >= 0.6 is 11.6 Å². The van der Waals surface area contributed by atoms with Crippen molar-refractivity contribution >= 4 is 23.2 Å². The van der Waals surface area contributed by atoms with Crippen LogP contribution in [0.15, 0.2) is 24.3 Å². The lowest BCUT2D eigenvalue weighted by Gasteiger charge is -2.07. The topological polar surface area (TPSA) is 46.9 Å². The van der Waals surface area contributed by atoms with Gasteiger partial charge in [-0.25, -0.2) is 0 Å². The summed E-state index contributed by atoms with van der Waals surface area (Å²) in [5, 5.41) is 8.17. The van der Waals surface area contributed by atoms with Crippen LogP contribution in [0.1, 0.15) is 36.7 Å². The van der Waals surface area contributed by atoms with Gasteiger partial charge in [0.05, 0.1) is 23.6 Å². The number of nitrogens with zero attached hydrogens (tertiary/aromatic N) is 2. The Morgan fingerprint density at radius 1 is 1.38 bits per heavy atom. The smallest absolute Gasteiger partial charge is 0.224 e. The molecule has 0 bridgehead atoms. The largest absolute Gasteiger partial charge is 0.323 e. The van der Waals surface area contributed by atoms with E-state index in [1.807, 2.05) is 49.7 Å². The lowest BCUT2D eigenvalue weighted by molar-refractivity contribution is -0.116. The highest BCUT2D eigenvalue weighted by Crippen LogP contribution is 2.21.